The Morgan fingerprint density at radius 3 is 2.12 bits per heavy atom. The second kappa shape index (κ2) is 6.41. The standard InChI is InChI=1S/C16H20Si/c1-2-3-7-14-10-12-16(13-11-14)17-15-8-5-4-6-9-15/h4-6,8-13H,2-3,7,17H2,1H3. The van der Waals surface area contributed by atoms with Gasteiger partial charge in [-0.15, -0.1) is 0 Å². The van der Waals surface area contributed by atoms with E-state index in [1.807, 2.05) is 0 Å². The lowest BCUT2D eigenvalue weighted by Gasteiger charge is -2.03. The van der Waals surface area contributed by atoms with Crippen molar-refractivity contribution in [1.29, 1.82) is 0 Å². The van der Waals surface area contributed by atoms with Crippen molar-refractivity contribution in [3.8, 4) is 0 Å². The molecule has 0 saturated carbocycles. The number of aryl methyl sites for hydroxylation is 1. The Morgan fingerprint density at radius 1 is 0.824 bits per heavy atom. The van der Waals surface area contributed by atoms with Crippen molar-refractivity contribution in [3.63, 3.8) is 0 Å². The average molecular weight is 240 g/mol. The third-order valence-electron chi connectivity index (χ3n) is 3.09. The number of hydrogen-bond acceptors (Lipinski definition) is 0. The molecule has 2 aromatic rings. The van der Waals surface area contributed by atoms with Gasteiger partial charge in [-0.05, 0) is 18.4 Å². The van der Waals surface area contributed by atoms with Crippen LogP contribution in [0.15, 0.2) is 54.6 Å². The van der Waals surface area contributed by atoms with Gasteiger partial charge < -0.3 is 0 Å². The molecule has 88 valence electrons. The molecule has 0 nitrogen and oxygen atoms in total. The summed E-state index contributed by atoms with van der Waals surface area (Å²) in [6, 6.07) is 20.1. The molecule has 0 bridgehead atoms. The van der Waals surface area contributed by atoms with Crippen molar-refractivity contribution in [2.75, 3.05) is 0 Å². The molecule has 2 aromatic carbocycles. The third-order valence-corrected chi connectivity index (χ3v) is 4.85. The zero-order valence-electron chi connectivity index (χ0n) is 10.5. The molecular weight excluding hydrogens is 220 g/mol. The molecule has 0 amide bonds. The zero-order chi connectivity index (χ0) is 11.9. The van der Waals surface area contributed by atoms with Gasteiger partial charge in [0, 0.05) is 0 Å². The van der Waals surface area contributed by atoms with E-state index in [1.165, 1.54) is 35.2 Å². The Kier molecular flexibility index (Phi) is 4.57. The molecule has 2 rings (SSSR count). The van der Waals surface area contributed by atoms with E-state index in [0.717, 1.165) is 0 Å². The summed E-state index contributed by atoms with van der Waals surface area (Å²) < 4.78 is 0. The molecule has 0 atom stereocenters. The smallest absolute Gasteiger partial charge is 0.0654 e. The van der Waals surface area contributed by atoms with Crippen LogP contribution < -0.4 is 10.4 Å². The first kappa shape index (κ1) is 12.1. The van der Waals surface area contributed by atoms with Crippen molar-refractivity contribution in [2.45, 2.75) is 26.2 Å². The summed E-state index contributed by atoms with van der Waals surface area (Å²) in [5.74, 6) is 0. The van der Waals surface area contributed by atoms with Gasteiger partial charge in [-0.3, -0.25) is 0 Å². The van der Waals surface area contributed by atoms with Gasteiger partial charge in [0.2, 0.25) is 0 Å². The lowest BCUT2D eigenvalue weighted by atomic mass is 10.1. The second-order valence-corrected chi connectivity index (χ2v) is 6.57. The van der Waals surface area contributed by atoms with Crippen molar-refractivity contribution in [1.82, 2.24) is 0 Å². The molecule has 0 heterocycles. The van der Waals surface area contributed by atoms with Crippen LogP contribution in [0.2, 0.25) is 0 Å². The highest BCUT2D eigenvalue weighted by atomic mass is 28.2. The minimum absolute atomic E-state index is 0.269. The van der Waals surface area contributed by atoms with E-state index in [-0.39, 0.29) is 9.52 Å². The SMILES string of the molecule is CCCCc1ccc([SiH2]c2ccccc2)cc1. The van der Waals surface area contributed by atoms with E-state index < -0.39 is 0 Å². The Labute approximate surface area is 107 Å². The van der Waals surface area contributed by atoms with Crippen LogP contribution in [-0.2, 0) is 6.42 Å². The predicted molar refractivity (Wildman–Crippen MR) is 79.3 cm³/mol. The summed E-state index contributed by atoms with van der Waals surface area (Å²) in [5.41, 5.74) is 1.48. The summed E-state index contributed by atoms with van der Waals surface area (Å²) in [6.45, 7) is 2.25. The quantitative estimate of drug-likeness (QED) is 0.703. The maximum atomic E-state index is 2.32. The van der Waals surface area contributed by atoms with Gasteiger partial charge in [0.05, 0.1) is 9.52 Å². The molecule has 0 saturated heterocycles. The Bertz CT molecular complexity index is 431. The van der Waals surface area contributed by atoms with Gasteiger partial charge in [0.1, 0.15) is 0 Å². The maximum Gasteiger partial charge on any atom is 0.0875 e. The van der Waals surface area contributed by atoms with Gasteiger partial charge in [-0.1, -0.05) is 78.3 Å². The van der Waals surface area contributed by atoms with Gasteiger partial charge in [-0.2, -0.15) is 0 Å². The van der Waals surface area contributed by atoms with Gasteiger partial charge >= 0.3 is 0 Å². The molecule has 0 spiro atoms. The maximum absolute atomic E-state index is 2.32. The van der Waals surface area contributed by atoms with E-state index in [9.17, 15) is 0 Å². The fraction of sp³-hybridized carbons (Fsp3) is 0.250. The number of rotatable bonds is 5. The first-order valence-corrected chi connectivity index (χ1v) is 7.91. The Balaban J connectivity index is 1.98. The van der Waals surface area contributed by atoms with E-state index in [0.29, 0.717) is 0 Å². The van der Waals surface area contributed by atoms with Crippen LogP contribution >= 0.6 is 0 Å². The van der Waals surface area contributed by atoms with Crippen LogP contribution in [-0.4, -0.2) is 9.52 Å². The van der Waals surface area contributed by atoms with Gasteiger partial charge in [0.15, 0.2) is 0 Å². The van der Waals surface area contributed by atoms with E-state index in [4.69, 9.17) is 0 Å². The first-order chi connectivity index (χ1) is 8.38. The minimum Gasteiger partial charge on any atom is -0.0654 e. The van der Waals surface area contributed by atoms with E-state index >= 15 is 0 Å². The van der Waals surface area contributed by atoms with Crippen molar-refractivity contribution >= 4 is 19.9 Å². The van der Waals surface area contributed by atoms with Crippen LogP contribution in [0, 0.1) is 0 Å². The highest BCUT2D eigenvalue weighted by Gasteiger charge is 1.97. The number of benzene rings is 2. The summed E-state index contributed by atoms with van der Waals surface area (Å²) in [6.07, 6.45) is 3.81. The van der Waals surface area contributed by atoms with Crippen molar-refractivity contribution in [2.24, 2.45) is 0 Å². The Hall–Kier alpha value is -1.34. The fourth-order valence-electron chi connectivity index (χ4n) is 2.04. The molecular formula is C16H20Si. The van der Waals surface area contributed by atoms with E-state index in [2.05, 4.69) is 61.5 Å². The molecule has 0 fully saturated rings. The predicted octanol–water partition coefficient (Wildman–Crippen LogP) is 2.15. The summed E-state index contributed by atoms with van der Waals surface area (Å²) in [4.78, 5) is 0. The number of hydrogen-bond donors (Lipinski definition) is 0. The van der Waals surface area contributed by atoms with Crippen LogP contribution in [0.1, 0.15) is 25.3 Å². The lowest BCUT2D eigenvalue weighted by Crippen LogP contribution is -2.26. The molecule has 0 aliphatic rings. The van der Waals surface area contributed by atoms with Crippen molar-refractivity contribution in [3.05, 3.63) is 60.2 Å². The van der Waals surface area contributed by atoms with Crippen molar-refractivity contribution < 1.29 is 0 Å². The van der Waals surface area contributed by atoms with Crippen LogP contribution in [0.3, 0.4) is 0 Å². The average Bonchev–Trinajstić information content (AvgIpc) is 2.39. The van der Waals surface area contributed by atoms with Crippen LogP contribution in [0.4, 0.5) is 0 Å². The summed E-state index contributed by atoms with van der Waals surface area (Å²) in [5, 5.41) is 3.06. The number of unbranched alkanes of at least 4 members (excludes halogenated alkanes) is 1. The second-order valence-electron chi connectivity index (χ2n) is 4.58. The third kappa shape index (κ3) is 3.86. The van der Waals surface area contributed by atoms with Gasteiger partial charge in [0.25, 0.3) is 0 Å². The molecule has 0 unspecified atom stereocenters. The molecule has 0 aliphatic carbocycles. The minimum atomic E-state index is -0.269. The largest absolute Gasteiger partial charge is 0.0875 e. The van der Waals surface area contributed by atoms with Crippen LogP contribution in [0.25, 0.3) is 0 Å². The molecule has 0 radical (unpaired) electrons. The highest BCUT2D eigenvalue weighted by molar-refractivity contribution is 6.67. The van der Waals surface area contributed by atoms with E-state index in [1.54, 1.807) is 0 Å². The monoisotopic (exact) mass is 240 g/mol. The van der Waals surface area contributed by atoms with Crippen LogP contribution in [0.5, 0.6) is 0 Å². The molecule has 1 heteroatoms. The fourth-order valence-corrected chi connectivity index (χ4v) is 3.49. The molecule has 0 N–H and O–H groups in total. The zero-order valence-corrected chi connectivity index (χ0v) is 11.9. The summed E-state index contributed by atoms with van der Waals surface area (Å²) >= 11 is 0. The Morgan fingerprint density at radius 2 is 1.47 bits per heavy atom. The van der Waals surface area contributed by atoms with Gasteiger partial charge in [-0.25, -0.2) is 0 Å². The molecule has 0 aliphatic heterocycles. The summed E-state index contributed by atoms with van der Waals surface area (Å²) in [7, 11) is -0.269. The molecule has 17 heavy (non-hydrogen) atoms. The highest BCUT2D eigenvalue weighted by Crippen LogP contribution is 2.02. The topological polar surface area (TPSA) is 0 Å². The molecule has 0 aromatic heterocycles. The lowest BCUT2D eigenvalue weighted by molar-refractivity contribution is 0.795. The normalized spacial score (nSPS) is 11.1. The first-order valence-electron chi connectivity index (χ1n) is 6.50.